The van der Waals surface area contributed by atoms with E-state index in [4.69, 9.17) is 0 Å². The minimum Gasteiger partial charge on any atom is -0.469 e. The first-order valence-corrected chi connectivity index (χ1v) is 8.39. The van der Waals surface area contributed by atoms with Crippen molar-refractivity contribution in [3.8, 4) is 0 Å². The van der Waals surface area contributed by atoms with E-state index in [9.17, 15) is 18.0 Å². The Morgan fingerprint density at radius 1 is 1.40 bits per heavy atom. The molecule has 1 aromatic heterocycles. The van der Waals surface area contributed by atoms with Crippen molar-refractivity contribution >= 4 is 27.3 Å². The lowest BCUT2D eigenvalue weighted by atomic mass is 9.99. The SMILES string of the molecule is COC(=O)C1CCN(S(=O)(=O)c2sc(=O)[nH]c2C)CC1. The molecular weight excluding hydrogens is 304 g/mol. The van der Waals surface area contributed by atoms with E-state index in [2.05, 4.69) is 9.72 Å². The van der Waals surface area contributed by atoms with Crippen LogP contribution in [0.2, 0.25) is 0 Å². The van der Waals surface area contributed by atoms with E-state index >= 15 is 0 Å². The van der Waals surface area contributed by atoms with E-state index in [0.717, 1.165) is 0 Å². The van der Waals surface area contributed by atoms with Gasteiger partial charge in [-0.15, -0.1) is 0 Å². The molecule has 0 bridgehead atoms. The van der Waals surface area contributed by atoms with Gasteiger partial charge in [0.15, 0.2) is 4.21 Å². The summed E-state index contributed by atoms with van der Waals surface area (Å²) in [5, 5.41) is 0. The Balaban J connectivity index is 2.16. The van der Waals surface area contributed by atoms with Crippen molar-refractivity contribution in [1.82, 2.24) is 9.29 Å². The summed E-state index contributed by atoms with van der Waals surface area (Å²) in [5.74, 6) is -0.554. The second kappa shape index (κ2) is 5.66. The van der Waals surface area contributed by atoms with E-state index in [-0.39, 0.29) is 34.1 Å². The molecule has 1 saturated heterocycles. The number of piperidine rings is 1. The largest absolute Gasteiger partial charge is 0.469 e. The van der Waals surface area contributed by atoms with Gasteiger partial charge in [-0.25, -0.2) is 8.42 Å². The van der Waals surface area contributed by atoms with Gasteiger partial charge in [0.05, 0.1) is 13.0 Å². The number of H-pyrrole nitrogens is 1. The van der Waals surface area contributed by atoms with Gasteiger partial charge in [-0.1, -0.05) is 11.3 Å². The smallest absolute Gasteiger partial charge is 0.308 e. The molecule has 1 N–H and O–H groups in total. The van der Waals surface area contributed by atoms with Crippen molar-refractivity contribution in [3.63, 3.8) is 0 Å². The standard InChI is InChI=1S/C11H16N2O5S2/c1-7-10(19-11(15)12-7)20(16,17)13-5-3-8(4-6-13)9(14)18-2/h8H,3-6H2,1-2H3,(H,12,15). The lowest BCUT2D eigenvalue weighted by molar-refractivity contribution is -0.146. The quantitative estimate of drug-likeness (QED) is 0.809. The van der Waals surface area contributed by atoms with Crippen LogP contribution in [-0.2, 0) is 19.6 Å². The van der Waals surface area contributed by atoms with Crippen molar-refractivity contribution in [3.05, 3.63) is 15.4 Å². The fraction of sp³-hybridized carbons (Fsp3) is 0.636. The minimum atomic E-state index is -3.66. The molecule has 1 aliphatic rings. The van der Waals surface area contributed by atoms with Gasteiger partial charge >= 0.3 is 10.8 Å². The molecule has 1 aliphatic heterocycles. The van der Waals surface area contributed by atoms with Crippen LogP contribution in [0.5, 0.6) is 0 Å². The molecule has 0 aromatic carbocycles. The van der Waals surface area contributed by atoms with Gasteiger partial charge < -0.3 is 9.72 Å². The summed E-state index contributed by atoms with van der Waals surface area (Å²) in [6.07, 6.45) is 0.870. The first-order chi connectivity index (χ1) is 9.36. The highest BCUT2D eigenvalue weighted by atomic mass is 32.2. The Kier molecular flexibility index (Phi) is 4.31. The number of aryl methyl sites for hydroxylation is 1. The van der Waals surface area contributed by atoms with Gasteiger partial charge in [0, 0.05) is 18.8 Å². The third-order valence-corrected chi connectivity index (χ3v) is 6.82. The molecule has 1 fully saturated rings. The number of ether oxygens (including phenoxy) is 1. The fourth-order valence-corrected chi connectivity index (χ4v) is 5.16. The summed E-state index contributed by atoms with van der Waals surface area (Å²) in [5.41, 5.74) is 0.357. The summed E-state index contributed by atoms with van der Waals surface area (Å²) in [6.45, 7) is 2.08. The van der Waals surface area contributed by atoms with Crippen LogP contribution in [0.15, 0.2) is 9.00 Å². The molecule has 0 spiro atoms. The van der Waals surface area contributed by atoms with Crippen LogP contribution in [0.1, 0.15) is 18.5 Å². The molecule has 0 aliphatic carbocycles. The predicted molar refractivity (Wildman–Crippen MR) is 73.2 cm³/mol. The zero-order valence-corrected chi connectivity index (χ0v) is 12.8. The monoisotopic (exact) mass is 320 g/mol. The third-order valence-electron chi connectivity index (χ3n) is 3.34. The van der Waals surface area contributed by atoms with Crippen LogP contribution in [0.25, 0.3) is 0 Å². The number of hydrogen-bond acceptors (Lipinski definition) is 6. The zero-order valence-electron chi connectivity index (χ0n) is 11.2. The number of carbonyl (C=O) groups is 1. The van der Waals surface area contributed by atoms with Crippen LogP contribution in [0.3, 0.4) is 0 Å². The Morgan fingerprint density at radius 2 is 2.00 bits per heavy atom. The maximum atomic E-state index is 12.4. The molecule has 2 heterocycles. The van der Waals surface area contributed by atoms with Gasteiger partial charge in [-0.3, -0.25) is 9.59 Å². The second-order valence-electron chi connectivity index (χ2n) is 4.63. The van der Waals surface area contributed by atoms with Gasteiger partial charge in [0.1, 0.15) is 0 Å². The van der Waals surface area contributed by atoms with Gasteiger partial charge in [0.2, 0.25) is 0 Å². The third kappa shape index (κ3) is 2.79. The first kappa shape index (κ1) is 15.2. The van der Waals surface area contributed by atoms with Crippen LogP contribution < -0.4 is 4.87 Å². The summed E-state index contributed by atoms with van der Waals surface area (Å²) < 4.78 is 30.9. The van der Waals surface area contributed by atoms with Gasteiger partial charge in [0.25, 0.3) is 10.0 Å². The van der Waals surface area contributed by atoms with E-state index in [1.54, 1.807) is 6.92 Å². The summed E-state index contributed by atoms with van der Waals surface area (Å²) in [4.78, 5) is 24.7. The highest BCUT2D eigenvalue weighted by Gasteiger charge is 2.34. The van der Waals surface area contributed by atoms with Gasteiger partial charge in [-0.05, 0) is 19.8 Å². The molecule has 0 atom stereocenters. The number of methoxy groups -OCH3 is 1. The highest BCUT2D eigenvalue weighted by molar-refractivity contribution is 7.91. The average molecular weight is 320 g/mol. The van der Waals surface area contributed by atoms with E-state index in [1.807, 2.05) is 0 Å². The Hall–Kier alpha value is -1.19. The zero-order chi connectivity index (χ0) is 14.9. The fourth-order valence-electron chi connectivity index (χ4n) is 2.25. The molecule has 112 valence electrons. The summed E-state index contributed by atoms with van der Waals surface area (Å²) >= 11 is 0.694. The minimum absolute atomic E-state index is 0.0546. The van der Waals surface area contributed by atoms with Crippen molar-refractivity contribution in [1.29, 1.82) is 0 Å². The Morgan fingerprint density at radius 3 is 2.45 bits per heavy atom. The van der Waals surface area contributed by atoms with Gasteiger partial charge in [-0.2, -0.15) is 4.31 Å². The molecule has 9 heteroatoms. The lowest BCUT2D eigenvalue weighted by Crippen LogP contribution is -2.40. The van der Waals surface area contributed by atoms with E-state index < -0.39 is 10.0 Å². The molecule has 0 saturated carbocycles. The normalized spacial score (nSPS) is 18.1. The van der Waals surface area contributed by atoms with Crippen LogP contribution in [0.4, 0.5) is 0 Å². The number of sulfonamides is 1. The predicted octanol–water partition coefficient (Wildman–Crippen LogP) is 0.319. The summed E-state index contributed by atoms with van der Waals surface area (Å²) in [7, 11) is -2.33. The Bertz CT molecular complexity index is 653. The van der Waals surface area contributed by atoms with Crippen molar-refractivity contribution < 1.29 is 17.9 Å². The van der Waals surface area contributed by atoms with Crippen LogP contribution in [0, 0.1) is 12.8 Å². The highest BCUT2D eigenvalue weighted by Crippen LogP contribution is 2.26. The first-order valence-electron chi connectivity index (χ1n) is 6.14. The van der Waals surface area contributed by atoms with Crippen molar-refractivity contribution in [2.45, 2.75) is 24.0 Å². The summed E-state index contributed by atoms with van der Waals surface area (Å²) in [6, 6.07) is 0. The average Bonchev–Trinajstić information content (AvgIpc) is 2.77. The lowest BCUT2D eigenvalue weighted by Gasteiger charge is -2.29. The number of rotatable bonds is 3. The molecule has 20 heavy (non-hydrogen) atoms. The van der Waals surface area contributed by atoms with E-state index in [1.165, 1.54) is 11.4 Å². The number of aromatic amines is 1. The number of hydrogen-bond donors (Lipinski definition) is 1. The maximum Gasteiger partial charge on any atom is 0.308 e. The number of nitrogens with one attached hydrogen (secondary N) is 1. The van der Waals surface area contributed by atoms with Crippen LogP contribution >= 0.6 is 11.3 Å². The molecule has 1 aromatic rings. The second-order valence-corrected chi connectivity index (χ2v) is 7.74. The molecule has 7 nitrogen and oxygen atoms in total. The molecule has 0 unspecified atom stereocenters. The Labute approximate surface area is 120 Å². The molecule has 2 rings (SSSR count). The molecule has 0 amide bonds. The number of nitrogens with zero attached hydrogens (tertiary/aromatic N) is 1. The maximum absolute atomic E-state index is 12.4. The topological polar surface area (TPSA) is 96.5 Å². The molecular formula is C11H16N2O5S2. The van der Waals surface area contributed by atoms with Crippen molar-refractivity contribution in [2.24, 2.45) is 5.92 Å². The molecule has 0 radical (unpaired) electrons. The number of aromatic nitrogens is 1. The van der Waals surface area contributed by atoms with Crippen molar-refractivity contribution in [2.75, 3.05) is 20.2 Å². The number of carbonyl (C=O) groups excluding carboxylic acids is 1. The van der Waals surface area contributed by atoms with E-state index in [0.29, 0.717) is 29.9 Å². The number of thiazole rings is 1. The van der Waals surface area contributed by atoms with Crippen LogP contribution in [-0.4, -0.2) is 43.9 Å². The number of esters is 1.